The van der Waals surface area contributed by atoms with Gasteiger partial charge in [0.15, 0.2) is 0 Å². The van der Waals surface area contributed by atoms with Crippen LogP contribution in [0.4, 0.5) is 5.69 Å². The molecule has 0 aromatic heterocycles. The van der Waals surface area contributed by atoms with Gasteiger partial charge in [0.2, 0.25) is 15.9 Å². The highest BCUT2D eigenvalue weighted by molar-refractivity contribution is 7.89. The van der Waals surface area contributed by atoms with Gasteiger partial charge in [-0.05, 0) is 31.2 Å². The molecule has 0 fully saturated rings. The lowest BCUT2D eigenvalue weighted by molar-refractivity contribution is -0.115. The number of carbonyl (C=O) groups excluding carboxylic acids is 1. The summed E-state index contributed by atoms with van der Waals surface area (Å²) in [4.78, 5) is 12.4. The molecule has 0 aliphatic carbocycles. The fraction of sp³-hybridized carbons (Fsp3) is 0.316. The molecule has 8 heteroatoms. The van der Waals surface area contributed by atoms with Gasteiger partial charge < -0.3 is 14.8 Å². The molecule has 27 heavy (non-hydrogen) atoms. The van der Waals surface area contributed by atoms with Gasteiger partial charge in [-0.3, -0.25) is 4.79 Å². The molecule has 0 saturated heterocycles. The van der Waals surface area contributed by atoms with E-state index in [0.29, 0.717) is 11.4 Å². The first kappa shape index (κ1) is 20.7. The van der Waals surface area contributed by atoms with Gasteiger partial charge in [0.05, 0.1) is 20.6 Å². The standard InChI is InChI=1S/C19H24N2O5S/c1-13-6-8-16(25-4)14(10-13)11-19(22)20-15-7-9-17(26-5)18(12-15)27(23,24)21(2)3/h6-10,12H,11H2,1-5H3,(H,20,22). The highest BCUT2D eigenvalue weighted by Crippen LogP contribution is 2.29. The molecule has 0 bridgehead atoms. The Labute approximate surface area is 160 Å². The molecule has 0 unspecified atom stereocenters. The number of rotatable bonds is 7. The Hall–Kier alpha value is -2.58. The summed E-state index contributed by atoms with van der Waals surface area (Å²) in [6, 6.07) is 10.1. The van der Waals surface area contributed by atoms with Crippen molar-refractivity contribution in [1.29, 1.82) is 0 Å². The van der Waals surface area contributed by atoms with E-state index in [4.69, 9.17) is 9.47 Å². The average molecular weight is 392 g/mol. The molecular weight excluding hydrogens is 368 g/mol. The van der Waals surface area contributed by atoms with Gasteiger partial charge in [0.25, 0.3) is 0 Å². The van der Waals surface area contributed by atoms with Crippen LogP contribution in [-0.2, 0) is 21.2 Å². The first-order valence-electron chi connectivity index (χ1n) is 8.23. The summed E-state index contributed by atoms with van der Waals surface area (Å²) in [5, 5.41) is 2.73. The number of nitrogens with one attached hydrogen (secondary N) is 1. The SMILES string of the molecule is COc1ccc(C)cc1CC(=O)Nc1ccc(OC)c(S(=O)(=O)N(C)C)c1. The van der Waals surface area contributed by atoms with Crippen LogP contribution in [0.3, 0.4) is 0 Å². The number of sulfonamides is 1. The van der Waals surface area contributed by atoms with E-state index in [1.165, 1.54) is 33.3 Å². The molecule has 2 aromatic rings. The van der Waals surface area contributed by atoms with Gasteiger partial charge in [-0.25, -0.2) is 12.7 Å². The van der Waals surface area contributed by atoms with Crippen molar-refractivity contribution in [3.63, 3.8) is 0 Å². The topological polar surface area (TPSA) is 84.9 Å². The summed E-state index contributed by atoms with van der Waals surface area (Å²) in [7, 11) is 2.10. The molecule has 0 aliphatic rings. The van der Waals surface area contributed by atoms with Crippen LogP contribution in [-0.4, -0.2) is 46.9 Å². The second-order valence-electron chi connectivity index (χ2n) is 6.19. The highest BCUT2D eigenvalue weighted by atomic mass is 32.2. The average Bonchev–Trinajstić information content (AvgIpc) is 2.61. The smallest absolute Gasteiger partial charge is 0.246 e. The van der Waals surface area contributed by atoms with Crippen molar-refractivity contribution in [2.75, 3.05) is 33.6 Å². The number of hydrogen-bond donors (Lipinski definition) is 1. The normalized spacial score (nSPS) is 11.3. The predicted molar refractivity (Wildman–Crippen MR) is 104 cm³/mol. The molecule has 7 nitrogen and oxygen atoms in total. The van der Waals surface area contributed by atoms with Gasteiger partial charge in [0.1, 0.15) is 16.4 Å². The zero-order chi connectivity index (χ0) is 20.2. The highest BCUT2D eigenvalue weighted by Gasteiger charge is 2.23. The van der Waals surface area contributed by atoms with Crippen molar-refractivity contribution in [1.82, 2.24) is 4.31 Å². The lowest BCUT2D eigenvalue weighted by Gasteiger charge is -2.16. The first-order chi connectivity index (χ1) is 12.7. The number of carbonyl (C=O) groups is 1. The van der Waals surface area contributed by atoms with E-state index < -0.39 is 10.0 Å². The second-order valence-corrected chi connectivity index (χ2v) is 8.31. The Balaban J connectivity index is 2.28. The minimum atomic E-state index is -3.72. The Morgan fingerprint density at radius 2 is 1.67 bits per heavy atom. The maximum absolute atomic E-state index is 12.5. The van der Waals surface area contributed by atoms with E-state index in [1.807, 2.05) is 25.1 Å². The molecule has 0 aliphatic heterocycles. The number of nitrogens with zero attached hydrogens (tertiary/aromatic N) is 1. The fourth-order valence-corrected chi connectivity index (χ4v) is 3.65. The maximum Gasteiger partial charge on any atom is 0.246 e. The van der Waals surface area contributed by atoms with E-state index in [9.17, 15) is 13.2 Å². The molecule has 1 amide bonds. The van der Waals surface area contributed by atoms with Crippen LogP contribution in [0.15, 0.2) is 41.3 Å². The number of benzene rings is 2. The molecular formula is C19H24N2O5S. The van der Waals surface area contributed by atoms with Crippen LogP contribution < -0.4 is 14.8 Å². The molecule has 0 radical (unpaired) electrons. The summed E-state index contributed by atoms with van der Waals surface area (Å²) in [5.41, 5.74) is 2.14. The van der Waals surface area contributed by atoms with E-state index in [2.05, 4.69) is 5.32 Å². The van der Waals surface area contributed by atoms with E-state index in [0.717, 1.165) is 15.4 Å². The largest absolute Gasteiger partial charge is 0.496 e. The van der Waals surface area contributed by atoms with Crippen LogP contribution in [0, 0.1) is 6.92 Å². The zero-order valence-electron chi connectivity index (χ0n) is 16.1. The quantitative estimate of drug-likeness (QED) is 0.782. The number of aryl methyl sites for hydroxylation is 1. The van der Waals surface area contributed by atoms with Crippen molar-refractivity contribution in [2.45, 2.75) is 18.2 Å². The summed E-state index contributed by atoms with van der Waals surface area (Å²) in [6.45, 7) is 1.93. The van der Waals surface area contributed by atoms with Gasteiger partial charge in [0, 0.05) is 25.3 Å². The molecule has 0 atom stereocenters. The van der Waals surface area contributed by atoms with Gasteiger partial charge in [-0.1, -0.05) is 17.7 Å². The van der Waals surface area contributed by atoms with E-state index in [-0.39, 0.29) is 23.0 Å². The monoisotopic (exact) mass is 392 g/mol. The van der Waals surface area contributed by atoms with Crippen molar-refractivity contribution in [3.05, 3.63) is 47.5 Å². The fourth-order valence-electron chi connectivity index (χ4n) is 2.58. The number of hydrogen-bond acceptors (Lipinski definition) is 5. The van der Waals surface area contributed by atoms with Crippen molar-refractivity contribution in [3.8, 4) is 11.5 Å². The molecule has 2 rings (SSSR count). The molecule has 1 N–H and O–H groups in total. The summed E-state index contributed by atoms with van der Waals surface area (Å²) >= 11 is 0. The summed E-state index contributed by atoms with van der Waals surface area (Å²) in [6.07, 6.45) is 0.104. The Morgan fingerprint density at radius 1 is 1.04 bits per heavy atom. The lowest BCUT2D eigenvalue weighted by Crippen LogP contribution is -2.23. The molecule has 0 saturated carbocycles. The third kappa shape index (κ3) is 4.78. The molecule has 0 heterocycles. The van der Waals surface area contributed by atoms with Crippen LogP contribution in [0.1, 0.15) is 11.1 Å². The third-order valence-corrected chi connectivity index (χ3v) is 5.83. The molecule has 146 valence electrons. The van der Waals surface area contributed by atoms with E-state index >= 15 is 0 Å². The number of methoxy groups -OCH3 is 2. The third-order valence-electron chi connectivity index (χ3n) is 3.99. The van der Waals surface area contributed by atoms with Crippen molar-refractivity contribution < 1.29 is 22.7 Å². The molecule has 2 aromatic carbocycles. The molecule has 0 spiro atoms. The summed E-state index contributed by atoms with van der Waals surface area (Å²) < 4.78 is 36.5. The van der Waals surface area contributed by atoms with Crippen LogP contribution in [0.5, 0.6) is 11.5 Å². The second kappa shape index (κ2) is 8.41. The Bertz CT molecular complexity index is 939. The van der Waals surface area contributed by atoms with Gasteiger partial charge in [-0.2, -0.15) is 0 Å². The lowest BCUT2D eigenvalue weighted by atomic mass is 10.1. The van der Waals surface area contributed by atoms with Gasteiger partial charge in [-0.15, -0.1) is 0 Å². The predicted octanol–water partition coefficient (Wildman–Crippen LogP) is 2.44. The first-order valence-corrected chi connectivity index (χ1v) is 9.67. The van der Waals surface area contributed by atoms with Gasteiger partial charge >= 0.3 is 0 Å². The van der Waals surface area contributed by atoms with Crippen LogP contribution in [0.25, 0.3) is 0 Å². The maximum atomic E-state index is 12.5. The minimum Gasteiger partial charge on any atom is -0.496 e. The van der Waals surface area contributed by atoms with Crippen molar-refractivity contribution in [2.24, 2.45) is 0 Å². The van der Waals surface area contributed by atoms with E-state index in [1.54, 1.807) is 13.2 Å². The summed E-state index contributed by atoms with van der Waals surface area (Å²) in [5.74, 6) is 0.556. The number of amides is 1. The Morgan fingerprint density at radius 3 is 2.26 bits per heavy atom. The van der Waals surface area contributed by atoms with Crippen molar-refractivity contribution >= 4 is 21.6 Å². The number of anilines is 1. The zero-order valence-corrected chi connectivity index (χ0v) is 16.9. The number of ether oxygens (including phenoxy) is 2. The minimum absolute atomic E-state index is 0.0130. The van der Waals surface area contributed by atoms with Crippen LogP contribution >= 0.6 is 0 Å². The Kier molecular flexibility index (Phi) is 6.45. The van der Waals surface area contributed by atoms with Crippen LogP contribution in [0.2, 0.25) is 0 Å².